The SMILES string of the molecule is CCCN1CCC(NC(=S)Nc2ccc(OCC)cc2)CC1. The summed E-state index contributed by atoms with van der Waals surface area (Å²) in [5.41, 5.74) is 0.990. The van der Waals surface area contributed by atoms with Crippen molar-refractivity contribution < 1.29 is 4.74 Å². The van der Waals surface area contributed by atoms with E-state index >= 15 is 0 Å². The molecule has 0 bridgehead atoms. The maximum atomic E-state index is 5.44. The Labute approximate surface area is 139 Å². The lowest BCUT2D eigenvalue weighted by Crippen LogP contribution is -2.45. The van der Waals surface area contributed by atoms with Gasteiger partial charge in [-0.1, -0.05) is 6.92 Å². The zero-order valence-corrected chi connectivity index (χ0v) is 14.4. The van der Waals surface area contributed by atoms with Crippen LogP contribution in [-0.2, 0) is 0 Å². The Bertz CT molecular complexity index is 455. The van der Waals surface area contributed by atoms with Crippen LogP contribution in [0.15, 0.2) is 24.3 Å². The minimum Gasteiger partial charge on any atom is -0.494 e. The number of nitrogens with zero attached hydrogens (tertiary/aromatic N) is 1. The Balaban J connectivity index is 1.74. The third-order valence-electron chi connectivity index (χ3n) is 3.89. The largest absolute Gasteiger partial charge is 0.494 e. The molecule has 5 heteroatoms. The van der Waals surface area contributed by atoms with Gasteiger partial charge in [0, 0.05) is 24.8 Å². The first-order chi connectivity index (χ1) is 10.7. The summed E-state index contributed by atoms with van der Waals surface area (Å²) >= 11 is 5.41. The van der Waals surface area contributed by atoms with Gasteiger partial charge in [-0.15, -0.1) is 0 Å². The van der Waals surface area contributed by atoms with E-state index in [1.165, 1.54) is 13.0 Å². The Hall–Kier alpha value is -1.33. The highest BCUT2D eigenvalue weighted by molar-refractivity contribution is 7.80. The molecular formula is C17H27N3OS. The van der Waals surface area contributed by atoms with Crippen molar-refractivity contribution >= 4 is 23.0 Å². The maximum absolute atomic E-state index is 5.44. The van der Waals surface area contributed by atoms with Crippen LogP contribution < -0.4 is 15.4 Å². The van der Waals surface area contributed by atoms with Crippen LogP contribution in [0, 0.1) is 0 Å². The number of nitrogens with one attached hydrogen (secondary N) is 2. The number of hydrogen-bond donors (Lipinski definition) is 2. The topological polar surface area (TPSA) is 36.5 Å². The second kappa shape index (κ2) is 8.96. The van der Waals surface area contributed by atoms with Crippen molar-refractivity contribution in [3.63, 3.8) is 0 Å². The normalized spacial score (nSPS) is 16.3. The molecule has 0 spiro atoms. The molecule has 0 amide bonds. The molecule has 1 saturated heterocycles. The van der Waals surface area contributed by atoms with E-state index in [1.807, 2.05) is 31.2 Å². The van der Waals surface area contributed by atoms with Gasteiger partial charge in [-0.25, -0.2) is 0 Å². The summed E-state index contributed by atoms with van der Waals surface area (Å²) in [7, 11) is 0. The average molecular weight is 321 g/mol. The number of ether oxygens (including phenoxy) is 1. The standard InChI is InChI=1S/C17H27N3OS/c1-3-11-20-12-9-15(10-13-20)19-17(22)18-14-5-7-16(8-6-14)21-4-2/h5-8,15H,3-4,9-13H2,1-2H3,(H2,18,19,22). The molecule has 0 radical (unpaired) electrons. The summed E-state index contributed by atoms with van der Waals surface area (Å²) < 4.78 is 5.44. The molecular weight excluding hydrogens is 294 g/mol. The zero-order chi connectivity index (χ0) is 15.8. The molecule has 0 unspecified atom stereocenters. The van der Waals surface area contributed by atoms with Gasteiger partial charge >= 0.3 is 0 Å². The van der Waals surface area contributed by atoms with Crippen LogP contribution in [0.3, 0.4) is 0 Å². The van der Waals surface area contributed by atoms with Gasteiger partial charge in [0.15, 0.2) is 5.11 Å². The van der Waals surface area contributed by atoms with Crippen LogP contribution in [0.4, 0.5) is 5.69 Å². The van der Waals surface area contributed by atoms with Crippen molar-refractivity contribution in [1.29, 1.82) is 0 Å². The third kappa shape index (κ3) is 5.46. The van der Waals surface area contributed by atoms with E-state index < -0.39 is 0 Å². The number of piperidine rings is 1. The fraction of sp³-hybridized carbons (Fsp3) is 0.588. The summed E-state index contributed by atoms with van der Waals surface area (Å²) in [6.45, 7) is 8.44. The number of thiocarbonyl (C=S) groups is 1. The van der Waals surface area contributed by atoms with Crippen LogP contribution >= 0.6 is 12.2 Å². The van der Waals surface area contributed by atoms with Gasteiger partial charge in [-0.05, 0) is 69.2 Å². The second-order valence-corrected chi connectivity index (χ2v) is 6.08. The highest BCUT2D eigenvalue weighted by atomic mass is 32.1. The quantitative estimate of drug-likeness (QED) is 0.787. The lowest BCUT2D eigenvalue weighted by Gasteiger charge is -2.32. The Morgan fingerprint density at radius 3 is 2.50 bits per heavy atom. The molecule has 22 heavy (non-hydrogen) atoms. The molecule has 1 aliphatic rings. The summed E-state index contributed by atoms with van der Waals surface area (Å²) in [4.78, 5) is 2.53. The lowest BCUT2D eigenvalue weighted by molar-refractivity contribution is 0.207. The number of anilines is 1. The van der Waals surface area contributed by atoms with Gasteiger partial charge in [0.25, 0.3) is 0 Å². The number of hydrogen-bond acceptors (Lipinski definition) is 3. The Morgan fingerprint density at radius 2 is 1.91 bits per heavy atom. The van der Waals surface area contributed by atoms with E-state index in [2.05, 4.69) is 22.5 Å². The van der Waals surface area contributed by atoms with E-state index in [1.54, 1.807) is 0 Å². The number of likely N-dealkylation sites (tertiary alicyclic amines) is 1. The van der Waals surface area contributed by atoms with Crippen molar-refractivity contribution in [3.8, 4) is 5.75 Å². The average Bonchev–Trinajstić information content (AvgIpc) is 2.52. The molecule has 2 rings (SSSR count). The molecule has 1 aliphatic heterocycles. The molecule has 0 atom stereocenters. The summed E-state index contributed by atoms with van der Waals surface area (Å²) in [5, 5.41) is 7.38. The third-order valence-corrected chi connectivity index (χ3v) is 4.11. The molecule has 1 heterocycles. The van der Waals surface area contributed by atoms with Crippen LogP contribution in [0.5, 0.6) is 5.75 Å². The van der Waals surface area contributed by atoms with Gasteiger partial charge in [0.1, 0.15) is 5.75 Å². The van der Waals surface area contributed by atoms with Gasteiger partial charge in [0.2, 0.25) is 0 Å². The van der Waals surface area contributed by atoms with Crippen molar-refractivity contribution in [2.24, 2.45) is 0 Å². The van der Waals surface area contributed by atoms with Crippen molar-refractivity contribution in [2.75, 3.05) is 31.6 Å². The van der Waals surface area contributed by atoms with Crippen molar-refractivity contribution in [3.05, 3.63) is 24.3 Å². The predicted octanol–water partition coefficient (Wildman–Crippen LogP) is 3.25. The van der Waals surface area contributed by atoms with Gasteiger partial charge in [-0.2, -0.15) is 0 Å². The monoisotopic (exact) mass is 321 g/mol. The molecule has 1 fully saturated rings. The number of rotatable bonds is 6. The molecule has 2 N–H and O–H groups in total. The Morgan fingerprint density at radius 1 is 1.23 bits per heavy atom. The molecule has 0 aromatic heterocycles. The van der Waals surface area contributed by atoms with Crippen molar-refractivity contribution in [1.82, 2.24) is 10.2 Å². The lowest BCUT2D eigenvalue weighted by atomic mass is 10.1. The first kappa shape index (κ1) is 17.0. The van der Waals surface area contributed by atoms with E-state index in [-0.39, 0.29) is 0 Å². The summed E-state index contributed by atoms with van der Waals surface area (Å²) in [6.07, 6.45) is 3.55. The van der Waals surface area contributed by atoms with E-state index in [0.717, 1.165) is 37.4 Å². The van der Waals surface area contributed by atoms with Gasteiger partial charge in [-0.3, -0.25) is 0 Å². The molecule has 122 valence electrons. The summed E-state index contributed by atoms with van der Waals surface area (Å²) in [5.74, 6) is 0.884. The van der Waals surface area contributed by atoms with E-state index in [0.29, 0.717) is 17.8 Å². The molecule has 4 nitrogen and oxygen atoms in total. The van der Waals surface area contributed by atoms with Crippen molar-refractivity contribution in [2.45, 2.75) is 39.2 Å². The van der Waals surface area contributed by atoms with Crippen LogP contribution in [0.1, 0.15) is 33.1 Å². The highest BCUT2D eigenvalue weighted by Crippen LogP contribution is 2.16. The van der Waals surface area contributed by atoms with Crippen LogP contribution in [-0.4, -0.2) is 42.3 Å². The van der Waals surface area contributed by atoms with E-state index in [4.69, 9.17) is 17.0 Å². The van der Waals surface area contributed by atoms with Crippen LogP contribution in [0.2, 0.25) is 0 Å². The molecule has 1 aromatic carbocycles. The second-order valence-electron chi connectivity index (χ2n) is 5.67. The van der Waals surface area contributed by atoms with Crippen LogP contribution in [0.25, 0.3) is 0 Å². The first-order valence-corrected chi connectivity index (χ1v) is 8.64. The fourth-order valence-corrected chi connectivity index (χ4v) is 3.06. The highest BCUT2D eigenvalue weighted by Gasteiger charge is 2.18. The molecule has 0 aliphatic carbocycles. The molecule has 1 aromatic rings. The van der Waals surface area contributed by atoms with Gasteiger partial charge in [0.05, 0.1) is 6.61 Å². The first-order valence-electron chi connectivity index (χ1n) is 8.24. The van der Waals surface area contributed by atoms with Gasteiger partial charge < -0.3 is 20.3 Å². The summed E-state index contributed by atoms with van der Waals surface area (Å²) in [6, 6.07) is 8.37. The zero-order valence-electron chi connectivity index (χ0n) is 13.6. The fourth-order valence-electron chi connectivity index (χ4n) is 2.77. The predicted molar refractivity (Wildman–Crippen MR) is 96.7 cm³/mol. The smallest absolute Gasteiger partial charge is 0.170 e. The molecule has 0 saturated carbocycles. The minimum atomic E-state index is 0.482. The number of benzene rings is 1. The maximum Gasteiger partial charge on any atom is 0.170 e. The van der Waals surface area contributed by atoms with E-state index in [9.17, 15) is 0 Å². The minimum absolute atomic E-state index is 0.482. The Kier molecular flexibility index (Phi) is 6.93.